The van der Waals surface area contributed by atoms with Gasteiger partial charge in [-0.25, -0.2) is 39.3 Å². The third-order valence-electron chi connectivity index (χ3n) is 21.0. The summed E-state index contributed by atoms with van der Waals surface area (Å²) >= 11 is 0. The van der Waals surface area contributed by atoms with Crippen molar-refractivity contribution in [3.8, 4) is 34.6 Å². The number of nitrogens with one attached hydrogen (secondary N) is 4. The molecule has 16 rings (SSSR count). The average Bonchev–Trinajstić information content (AvgIpc) is 0.752. The third-order valence-corrected chi connectivity index (χ3v) is 21.0. The lowest BCUT2D eigenvalue weighted by atomic mass is 10.0. The molecule has 0 radical (unpaired) electrons. The van der Waals surface area contributed by atoms with Gasteiger partial charge in [0.25, 0.3) is 22.2 Å². The lowest BCUT2D eigenvalue weighted by Crippen LogP contribution is -2.42. The van der Waals surface area contributed by atoms with Crippen LogP contribution in [0.15, 0.2) is 202 Å². The Morgan fingerprint density at radius 2 is 0.809 bits per heavy atom. The van der Waals surface area contributed by atoms with Gasteiger partial charge in [-0.05, 0) is 216 Å². The first kappa shape index (κ1) is 80.0. The van der Waals surface area contributed by atoms with Gasteiger partial charge in [0, 0.05) is 26.2 Å². The summed E-state index contributed by atoms with van der Waals surface area (Å²) in [6.07, 6.45) is 13.1. The van der Waals surface area contributed by atoms with Crippen LogP contribution in [0.3, 0.4) is 0 Å². The molecule has 0 saturated heterocycles. The number of nitrogens with zero attached hydrogens (tertiary/aromatic N) is 12. The van der Waals surface area contributed by atoms with Gasteiger partial charge in [-0.1, -0.05) is 179 Å². The van der Waals surface area contributed by atoms with Crippen LogP contribution in [0.25, 0.3) is 74.2 Å². The summed E-state index contributed by atoms with van der Waals surface area (Å²) in [4.78, 5) is 132. The first-order valence-corrected chi connectivity index (χ1v) is 39.7. The van der Waals surface area contributed by atoms with Crippen LogP contribution in [0, 0.1) is 34.6 Å². The van der Waals surface area contributed by atoms with Crippen LogP contribution in [-0.4, -0.2) is 75.1 Å². The van der Waals surface area contributed by atoms with Crippen molar-refractivity contribution in [1.82, 2.24) is 68.5 Å². The number of aryl methyl sites for hydroxylation is 16. The molecule has 586 valence electrons. The Labute approximate surface area is 664 Å². The van der Waals surface area contributed by atoms with E-state index in [1.54, 1.807) is 0 Å². The predicted molar refractivity (Wildman–Crippen MR) is 457 cm³/mol. The molecule has 0 unspecified atom stereocenters. The number of fused-ring (bicyclic) bond motifs is 8. The Morgan fingerprint density at radius 3 is 1.32 bits per heavy atom. The number of aromatic amines is 4. The zero-order valence-electron chi connectivity index (χ0n) is 66.7. The van der Waals surface area contributed by atoms with Crippen LogP contribution in [0.4, 0.5) is 17.2 Å². The van der Waals surface area contributed by atoms with Crippen LogP contribution in [0.1, 0.15) is 139 Å². The largest absolute Gasteiger partial charge is 0.349 e. The molecule has 0 atom stereocenters. The fourth-order valence-corrected chi connectivity index (χ4v) is 15.0. The van der Waals surface area contributed by atoms with Crippen molar-refractivity contribution >= 4 is 56.9 Å². The van der Waals surface area contributed by atoms with E-state index in [-0.39, 0.29) is 22.6 Å². The minimum Gasteiger partial charge on any atom is -0.322 e. The van der Waals surface area contributed by atoms with Crippen LogP contribution in [0.5, 0.6) is 0 Å². The van der Waals surface area contributed by atoms with Gasteiger partial charge in [0.2, 0.25) is 0 Å². The standard InChI is InChI=1S/C24H26N4O.2C23H24N4O2.C22H22N4O2/c1-4-9-19-15-21-20(14-16(19)2)27-22-23(25-17(3)26-24(22)29)28(21)13-8-12-18-10-6-5-7-11-18;1-4-17-13-18-19(12-15(17)3)27(11-5-6-16-9-7-14(2)8-10-16)21-20(24-18)22(28)26-23(29)25-21;1-3-5-17-11-12-19-18(14-17)24-20-21(25-23(29)26-22(20)28)27(19)13-4-6-16-9-7-15(2)8-10-16;1-3-15-9-10-18-17(13-15)23-19-20(24-22(28)25-21(19)27)26(18)11-5-8-16-7-4-6-14(2)12-16/h5-7,10-11,14-15H,3-4,8-9,12-13H2,1-2H3,(H,26,29);7-10,12-13H,4-6,11H2,1-3H3,(H,26,28,29);7-12,14H,3-6,13H2,1-2H3,(H,26,28,29);4,6-7,9-10,12-13H,3,5,8,11H2,1-2H3,(H,25,27,28). The number of hydrogen-bond acceptors (Lipinski definition) is 16. The zero-order valence-corrected chi connectivity index (χ0v) is 66.7. The number of benzene rings is 8. The van der Waals surface area contributed by atoms with Gasteiger partial charge in [0.1, 0.15) is 5.48 Å². The molecule has 1 aromatic heterocycles. The minimum absolute atomic E-state index is 0.205. The van der Waals surface area contributed by atoms with E-state index < -0.39 is 33.7 Å². The maximum Gasteiger partial charge on any atom is 0.349 e. The summed E-state index contributed by atoms with van der Waals surface area (Å²) in [5.41, 5.74) is 20.2. The van der Waals surface area contributed by atoms with Gasteiger partial charge in [-0.15, -0.1) is 0 Å². The Hall–Kier alpha value is -13.1. The normalized spacial score (nSPS) is 11.6. The Morgan fingerprint density at radius 1 is 0.357 bits per heavy atom. The highest BCUT2D eigenvalue weighted by atomic mass is 16.2. The number of aromatic nitrogens is 14. The molecule has 9 aromatic rings. The second-order valence-electron chi connectivity index (χ2n) is 29.6. The van der Waals surface area contributed by atoms with Crippen molar-refractivity contribution in [3.05, 3.63) is 320 Å². The smallest absolute Gasteiger partial charge is 0.322 e. The summed E-state index contributed by atoms with van der Waals surface area (Å²) in [5.74, 6) is 1.64. The average molecular weight is 1540 g/mol. The topological polar surface area (TPSA) is 303 Å². The van der Waals surface area contributed by atoms with E-state index in [0.29, 0.717) is 53.8 Å². The highest BCUT2D eigenvalue weighted by Gasteiger charge is 2.26. The minimum atomic E-state index is -0.642. The predicted octanol–water partition coefficient (Wildman–Crippen LogP) is 13.4. The van der Waals surface area contributed by atoms with Gasteiger partial charge < -0.3 is 23.6 Å². The molecule has 0 amide bonds. The molecular formula is C92H96N16O7. The molecule has 8 heterocycles. The molecule has 8 aromatic carbocycles. The highest BCUT2D eigenvalue weighted by Crippen LogP contribution is 2.38. The van der Waals surface area contributed by atoms with Crippen molar-refractivity contribution in [2.24, 2.45) is 4.99 Å². The molecule has 7 aliphatic heterocycles. The van der Waals surface area contributed by atoms with Crippen LogP contribution < -0.4 is 55.0 Å². The molecule has 115 heavy (non-hydrogen) atoms. The number of hydrogen-bond donors (Lipinski definition) is 4. The van der Waals surface area contributed by atoms with Crippen molar-refractivity contribution in [3.63, 3.8) is 0 Å². The Kier molecular flexibility index (Phi) is 25.2. The van der Waals surface area contributed by atoms with Gasteiger partial charge in [-0.2, -0.15) is 15.0 Å². The van der Waals surface area contributed by atoms with E-state index in [4.69, 9.17) is 0 Å². The fourth-order valence-electron chi connectivity index (χ4n) is 15.0. The maximum atomic E-state index is 12.5. The van der Waals surface area contributed by atoms with E-state index in [2.05, 4.69) is 261 Å². The molecule has 0 spiro atoms. The van der Waals surface area contributed by atoms with Crippen molar-refractivity contribution in [1.29, 1.82) is 0 Å². The molecule has 4 N–H and O–H groups in total. The van der Waals surface area contributed by atoms with Gasteiger partial charge in [0.15, 0.2) is 45.7 Å². The van der Waals surface area contributed by atoms with E-state index in [9.17, 15) is 33.6 Å². The van der Waals surface area contributed by atoms with Gasteiger partial charge in [-0.3, -0.25) is 34.1 Å². The summed E-state index contributed by atoms with van der Waals surface area (Å²) in [6, 6.07) is 56.5. The summed E-state index contributed by atoms with van der Waals surface area (Å²) in [7, 11) is 0. The number of rotatable bonds is 22. The van der Waals surface area contributed by atoms with E-state index >= 15 is 0 Å². The molecule has 0 fully saturated rings. The molecule has 7 aliphatic rings. The van der Waals surface area contributed by atoms with Crippen LogP contribution in [-0.2, 0) is 71.0 Å². The van der Waals surface area contributed by atoms with Crippen molar-refractivity contribution < 1.29 is 0 Å². The van der Waals surface area contributed by atoms with E-state index in [1.807, 2.05) is 50.1 Å². The van der Waals surface area contributed by atoms with Gasteiger partial charge >= 0.3 is 17.1 Å². The molecule has 0 bridgehead atoms. The summed E-state index contributed by atoms with van der Waals surface area (Å²) in [6.45, 7) is 25.4. The van der Waals surface area contributed by atoms with Crippen LogP contribution >= 0.6 is 0 Å². The quantitative estimate of drug-likeness (QED) is 0.0459. The first-order valence-electron chi connectivity index (χ1n) is 39.7. The summed E-state index contributed by atoms with van der Waals surface area (Å²) < 4.78 is 5.87. The zero-order chi connectivity index (χ0) is 81.0. The highest BCUT2D eigenvalue weighted by molar-refractivity contribution is 5.83. The molecular weight excluding hydrogens is 1440 g/mol. The maximum absolute atomic E-state index is 12.5. The first-order chi connectivity index (χ1) is 55.6. The van der Waals surface area contributed by atoms with Crippen molar-refractivity contribution in [2.45, 2.75) is 172 Å². The second-order valence-corrected chi connectivity index (χ2v) is 29.6. The number of H-pyrrole nitrogens is 4. The number of anilines is 2. The van der Waals surface area contributed by atoms with Gasteiger partial charge in [0.05, 0.1) is 44.5 Å². The van der Waals surface area contributed by atoms with E-state index in [1.165, 1.54) is 66.8 Å². The Balaban J connectivity index is 0.000000134. The Bertz CT molecular complexity index is 6520. The fraction of sp³-hybridized carbons (Fsp3) is 0.293. The summed E-state index contributed by atoms with van der Waals surface area (Å²) in [5, 5.41) is 0.368. The van der Waals surface area contributed by atoms with Crippen molar-refractivity contribution in [2.75, 3.05) is 11.4 Å². The monoisotopic (exact) mass is 1540 g/mol. The third kappa shape index (κ3) is 18.9. The molecule has 23 heteroatoms. The molecule has 23 nitrogen and oxygen atoms in total. The van der Waals surface area contributed by atoms with Crippen LogP contribution in [0.2, 0.25) is 0 Å². The SMILES string of the molecule is C=c1nc2c(c(=O)[nH]1)=Nc1cc(C)c(CCC)cc1N2CCCc1ccccc1.CCCc1ccc2c(c1)nc1c(=O)[nH]c(=O)nc-1n2CCCc1ccc(C)cc1.CCc1cc2nc3c(=O)[nH]c(=O)nc-3n(CCCc3ccc(C)cc3)c2cc1C.CCc1ccc2c(c1)nc1c(=O)[nH]c(=O)nc-1n2CCCc1cccc(C)c1. The molecule has 0 saturated carbocycles. The molecule has 0 aliphatic carbocycles. The lowest BCUT2D eigenvalue weighted by molar-refractivity contribution is 0.648. The second kappa shape index (κ2) is 36.2. The van der Waals surface area contributed by atoms with E-state index in [0.717, 1.165) is 146 Å². The lowest BCUT2D eigenvalue weighted by Gasteiger charge is -2.29.